The fourth-order valence-electron chi connectivity index (χ4n) is 0.727. The maximum Gasteiger partial charge on any atom is 0.331 e. The molecule has 1 amide bonds. The van der Waals surface area contributed by atoms with E-state index in [2.05, 4.69) is 15.4 Å². The summed E-state index contributed by atoms with van der Waals surface area (Å²) in [4.78, 5) is 21.8. The highest BCUT2D eigenvalue weighted by molar-refractivity contribution is 5.82. The Labute approximate surface area is 89.9 Å². The molecule has 0 saturated heterocycles. The predicted molar refractivity (Wildman–Crippen MR) is 57.0 cm³/mol. The van der Waals surface area contributed by atoms with Crippen LogP contribution in [-0.4, -0.2) is 32.1 Å². The predicted octanol–water partition coefficient (Wildman–Crippen LogP) is 0.0349. The Balaban J connectivity index is 3.55. The van der Waals surface area contributed by atoms with Crippen LogP contribution in [0.5, 0.6) is 0 Å². The summed E-state index contributed by atoms with van der Waals surface area (Å²) < 4.78 is 4.37. The standard InChI is InChI=1S/C10H18N2O3/c1-8(2)6-12-9(13)7-11-5-4-10(14)15-3/h4-5,8,11H,6-7H2,1-3H3,(H,12,13)/b5-4+. The van der Waals surface area contributed by atoms with Gasteiger partial charge in [-0.25, -0.2) is 4.79 Å². The minimum absolute atomic E-state index is 0.0989. The summed E-state index contributed by atoms with van der Waals surface area (Å²) >= 11 is 0. The number of esters is 1. The van der Waals surface area contributed by atoms with Crippen molar-refractivity contribution < 1.29 is 14.3 Å². The number of hydrogen-bond donors (Lipinski definition) is 2. The maximum absolute atomic E-state index is 11.1. The van der Waals surface area contributed by atoms with Crippen LogP contribution >= 0.6 is 0 Å². The Bertz CT molecular complexity index is 237. The van der Waals surface area contributed by atoms with Crippen molar-refractivity contribution in [3.8, 4) is 0 Å². The van der Waals surface area contributed by atoms with E-state index >= 15 is 0 Å². The number of amides is 1. The summed E-state index contributed by atoms with van der Waals surface area (Å²) in [5, 5.41) is 5.41. The Hall–Kier alpha value is -1.52. The van der Waals surface area contributed by atoms with E-state index < -0.39 is 5.97 Å². The van der Waals surface area contributed by atoms with Crippen molar-refractivity contribution in [2.75, 3.05) is 20.2 Å². The second-order valence-electron chi connectivity index (χ2n) is 3.44. The molecule has 5 heteroatoms. The van der Waals surface area contributed by atoms with Gasteiger partial charge in [-0.1, -0.05) is 13.8 Å². The lowest BCUT2D eigenvalue weighted by Crippen LogP contribution is -2.34. The van der Waals surface area contributed by atoms with E-state index in [0.29, 0.717) is 12.5 Å². The normalized spacial score (nSPS) is 10.4. The number of hydrogen-bond acceptors (Lipinski definition) is 4. The van der Waals surface area contributed by atoms with Gasteiger partial charge in [0.25, 0.3) is 0 Å². The monoisotopic (exact) mass is 214 g/mol. The van der Waals surface area contributed by atoms with E-state index in [4.69, 9.17) is 0 Å². The minimum Gasteiger partial charge on any atom is -0.466 e. The second kappa shape index (κ2) is 7.84. The number of carbonyl (C=O) groups is 2. The Morgan fingerprint density at radius 1 is 1.40 bits per heavy atom. The van der Waals surface area contributed by atoms with Gasteiger partial charge in [0.2, 0.25) is 5.91 Å². The molecule has 0 rings (SSSR count). The molecule has 0 aromatic rings. The SMILES string of the molecule is COC(=O)/C=C/NCC(=O)NCC(C)C. The van der Waals surface area contributed by atoms with Gasteiger partial charge < -0.3 is 15.4 Å². The molecule has 0 aromatic carbocycles. The number of carbonyl (C=O) groups excluding carboxylic acids is 2. The third-order valence-corrected chi connectivity index (χ3v) is 1.51. The van der Waals surface area contributed by atoms with Crippen molar-refractivity contribution in [2.45, 2.75) is 13.8 Å². The first-order valence-corrected chi connectivity index (χ1v) is 4.80. The van der Waals surface area contributed by atoms with Gasteiger partial charge in [-0.05, 0) is 5.92 Å². The van der Waals surface area contributed by atoms with E-state index in [1.54, 1.807) is 0 Å². The molecule has 0 heterocycles. The first kappa shape index (κ1) is 13.5. The molecule has 5 nitrogen and oxygen atoms in total. The number of ether oxygens (including phenoxy) is 1. The van der Waals surface area contributed by atoms with Crippen LogP contribution in [0.1, 0.15) is 13.8 Å². The highest BCUT2D eigenvalue weighted by Crippen LogP contribution is 1.86. The van der Waals surface area contributed by atoms with Gasteiger partial charge >= 0.3 is 5.97 Å². The molecule has 0 aliphatic carbocycles. The lowest BCUT2D eigenvalue weighted by atomic mass is 10.2. The summed E-state index contributed by atoms with van der Waals surface area (Å²) in [6, 6.07) is 0. The van der Waals surface area contributed by atoms with Crippen molar-refractivity contribution in [1.29, 1.82) is 0 Å². The molecule has 15 heavy (non-hydrogen) atoms. The van der Waals surface area contributed by atoms with Crippen LogP contribution in [0.15, 0.2) is 12.3 Å². The third-order valence-electron chi connectivity index (χ3n) is 1.51. The van der Waals surface area contributed by atoms with Crippen molar-refractivity contribution in [3.05, 3.63) is 12.3 Å². The van der Waals surface area contributed by atoms with Crippen LogP contribution in [0.4, 0.5) is 0 Å². The average Bonchev–Trinajstić information content (AvgIpc) is 2.21. The number of methoxy groups -OCH3 is 1. The van der Waals surface area contributed by atoms with Crippen LogP contribution in [0, 0.1) is 5.92 Å². The average molecular weight is 214 g/mol. The molecule has 0 aromatic heterocycles. The molecule has 0 saturated carbocycles. The Morgan fingerprint density at radius 3 is 2.60 bits per heavy atom. The number of nitrogens with one attached hydrogen (secondary N) is 2. The van der Waals surface area contributed by atoms with Gasteiger partial charge in [0, 0.05) is 18.8 Å². The molecule has 0 bridgehead atoms. The smallest absolute Gasteiger partial charge is 0.331 e. The van der Waals surface area contributed by atoms with Crippen LogP contribution in [-0.2, 0) is 14.3 Å². The summed E-state index contributed by atoms with van der Waals surface area (Å²) in [5.74, 6) is -0.122. The zero-order valence-corrected chi connectivity index (χ0v) is 9.37. The van der Waals surface area contributed by atoms with Crippen molar-refractivity contribution >= 4 is 11.9 Å². The molecule has 86 valence electrons. The first-order chi connectivity index (χ1) is 7.06. The van der Waals surface area contributed by atoms with Gasteiger partial charge in [0.15, 0.2) is 0 Å². The number of rotatable bonds is 6. The third kappa shape index (κ3) is 8.80. The van der Waals surface area contributed by atoms with Gasteiger partial charge in [0.05, 0.1) is 13.7 Å². The van der Waals surface area contributed by atoms with Crippen LogP contribution in [0.25, 0.3) is 0 Å². The minimum atomic E-state index is -0.454. The summed E-state index contributed by atoms with van der Waals surface area (Å²) in [6.45, 7) is 4.84. The largest absolute Gasteiger partial charge is 0.466 e. The van der Waals surface area contributed by atoms with Crippen LogP contribution in [0.2, 0.25) is 0 Å². The van der Waals surface area contributed by atoms with E-state index in [1.165, 1.54) is 19.4 Å². The fraction of sp³-hybridized carbons (Fsp3) is 0.600. The highest BCUT2D eigenvalue weighted by atomic mass is 16.5. The summed E-state index contributed by atoms with van der Waals surface area (Å²) in [5.41, 5.74) is 0. The first-order valence-electron chi connectivity index (χ1n) is 4.80. The maximum atomic E-state index is 11.1. The van der Waals surface area contributed by atoms with Gasteiger partial charge in [-0.3, -0.25) is 4.79 Å². The molecular formula is C10H18N2O3. The fourth-order valence-corrected chi connectivity index (χ4v) is 0.727. The zero-order valence-electron chi connectivity index (χ0n) is 9.37. The van der Waals surface area contributed by atoms with E-state index in [9.17, 15) is 9.59 Å². The van der Waals surface area contributed by atoms with Crippen LogP contribution < -0.4 is 10.6 Å². The quantitative estimate of drug-likeness (QED) is 0.484. The summed E-state index contributed by atoms with van der Waals surface area (Å²) in [6.07, 6.45) is 2.61. The van der Waals surface area contributed by atoms with Crippen molar-refractivity contribution in [2.24, 2.45) is 5.92 Å². The Kier molecular flexibility index (Phi) is 7.05. The van der Waals surface area contributed by atoms with Crippen LogP contribution in [0.3, 0.4) is 0 Å². The lowest BCUT2D eigenvalue weighted by Gasteiger charge is -2.06. The van der Waals surface area contributed by atoms with Crippen molar-refractivity contribution in [1.82, 2.24) is 10.6 Å². The highest BCUT2D eigenvalue weighted by Gasteiger charge is 1.99. The molecule has 0 atom stereocenters. The second-order valence-corrected chi connectivity index (χ2v) is 3.44. The molecule has 0 aliphatic rings. The molecule has 0 radical (unpaired) electrons. The molecule has 0 fully saturated rings. The Morgan fingerprint density at radius 2 is 2.07 bits per heavy atom. The molecule has 0 aliphatic heterocycles. The van der Waals surface area contributed by atoms with Crippen molar-refractivity contribution in [3.63, 3.8) is 0 Å². The lowest BCUT2D eigenvalue weighted by molar-refractivity contribution is -0.134. The van der Waals surface area contributed by atoms with E-state index in [1.807, 2.05) is 13.8 Å². The zero-order chi connectivity index (χ0) is 11.7. The summed E-state index contributed by atoms with van der Waals surface area (Å²) in [7, 11) is 1.29. The van der Waals surface area contributed by atoms with Gasteiger partial charge in [-0.15, -0.1) is 0 Å². The molecular weight excluding hydrogens is 196 g/mol. The van der Waals surface area contributed by atoms with Gasteiger partial charge in [0.1, 0.15) is 0 Å². The topological polar surface area (TPSA) is 67.4 Å². The van der Waals surface area contributed by atoms with E-state index in [-0.39, 0.29) is 12.5 Å². The molecule has 2 N–H and O–H groups in total. The van der Waals surface area contributed by atoms with E-state index in [0.717, 1.165) is 0 Å². The molecule has 0 spiro atoms. The molecule has 0 unspecified atom stereocenters. The van der Waals surface area contributed by atoms with Gasteiger partial charge in [-0.2, -0.15) is 0 Å².